The molecule has 98 valence electrons. The van der Waals surface area contributed by atoms with Crippen LogP contribution in [0.5, 0.6) is 0 Å². The van der Waals surface area contributed by atoms with Gasteiger partial charge in [-0.1, -0.05) is 12.1 Å². The van der Waals surface area contributed by atoms with Crippen LogP contribution in [0.1, 0.15) is 25.1 Å². The molecule has 0 atom stereocenters. The van der Waals surface area contributed by atoms with Crippen LogP contribution in [-0.4, -0.2) is 14.7 Å². The Morgan fingerprint density at radius 3 is 3.05 bits per heavy atom. The van der Waals surface area contributed by atoms with Gasteiger partial charge in [0.1, 0.15) is 5.82 Å². The molecule has 0 saturated heterocycles. The fourth-order valence-electron chi connectivity index (χ4n) is 2.13. The number of benzene rings is 1. The smallest absolute Gasteiger partial charge is 0.226 e. The summed E-state index contributed by atoms with van der Waals surface area (Å²) in [5.41, 5.74) is 0.961. The zero-order valence-corrected chi connectivity index (χ0v) is 10.6. The van der Waals surface area contributed by atoms with Crippen molar-refractivity contribution in [3.05, 3.63) is 48.0 Å². The minimum atomic E-state index is -0.227. The Morgan fingerprint density at radius 1 is 1.32 bits per heavy atom. The SMILES string of the molecule is CCCc1nc(Cn2ccc3cc(F)ccc32)no1. The summed E-state index contributed by atoms with van der Waals surface area (Å²) in [6.07, 6.45) is 3.68. The van der Waals surface area contributed by atoms with Crippen molar-refractivity contribution in [1.82, 2.24) is 14.7 Å². The first-order chi connectivity index (χ1) is 9.26. The number of hydrogen-bond acceptors (Lipinski definition) is 3. The highest BCUT2D eigenvalue weighted by molar-refractivity contribution is 5.80. The molecular formula is C14H14FN3O. The Bertz CT molecular complexity index is 702. The number of hydrogen-bond donors (Lipinski definition) is 0. The van der Waals surface area contributed by atoms with Crippen LogP contribution in [0, 0.1) is 5.82 Å². The average Bonchev–Trinajstić information content (AvgIpc) is 2.98. The van der Waals surface area contributed by atoms with Crippen LogP contribution < -0.4 is 0 Å². The molecule has 0 amide bonds. The van der Waals surface area contributed by atoms with E-state index in [9.17, 15) is 4.39 Å². The lowest BCUT2D eigenvalue weighted by Gasteiger charge is -2.01. The van der Waals surface area contributed by atoms with Gasteiger partial charge in [0.2, 0.25) is 5.89 Å². The van der Waals surface area contributed by atoms with Crippen molar-refractivity contribution in [3.8, 4) is 0 Å². The normalized spacial score (nSPS) is 11.3. The molecule has 1 aromatic carbocycles. The molecule has 3 rings (SSSR count). The summed E-state index contributed by atoms with van der Waals surface area (Å²) in [7, 11) is 0. The standard InChI is InChI=1S/C14H14FN3O/c1-2-3-14-16-13(17-19-14)9-18-7-6-10-8-11(15)4-5-12(10)18/h4-8H,2-3,9H2,1H3. The third-order valence-corrected chi connectivity index (χ3v) is 3.02. The third-order valence-electron chi connectivity index (χ3n) is 3.02. The molecule has 2 heterocycles. The molecule has 2 aromatic heterocycles. The third kappa shape index (κ3) is 2.36. The Balaban J connectivity index is 1.88. The van der Waals surface area contributed by atoms with Gasteiger partial charge in [0, 0.05) is 23.5 Å². The first-order valence-corrected chi connectivity index (χ1v) is 6.32. The van der Waals surface area contributed by atoms with Gasteiger partial charge in [-0.25, -0.2) is 4.39 Å². The highest BCUT2D eigenvalue weighted by Crippen LogP contribution is 2.18. The lowest BCUT2D eigenvalue weighted by atomic mass is 10.2. The van der Waals surface area contributed by atoms with E-state index in [1.807, 2.05) is 16.8 Å². The first-order valence-electron chi connectivity index (χ1n) is 6.32. The predicted molar refractivity (Wildman–Crippen MR) is 69.3 cm³/mol. The Hall–Kier alpha value is -2.17. The van der Waals surface area contributed by atoms with Gasteiger partial charge in [-0.2, -0.15) is 4.98 Å². The fraction of sp³-hybridized carbons (Fsp3) is 0.286. The minimum Gasteiger partial charge on any atom is -0.340 e. The number of fused-ring (bicyclic) bond motifs is 1. The van der Waals surface area contributed by atoms with Gasteiger partial charge < -0.3 is 9.09 Å². The number of aryl methyl sites for hydroxylation is 1. The van der Waals surface area contributed by atoms with Crippen molar-refractivity contribution >= 4 is 10.9 Å². The molecule has 0 N–H and O–H groups in total. The van der Waals surface area contributed by atoms with E-state index in [-0.39, 0.29) is 5.82 Å². The van der Waals surface area contributed by atoms with Gasteiger partial charge in [0.25, 0.3) is 0 Å². The van der Waals surface area contributed by atoms with Gasteiger partial charge in [0.05, 0.1) is 6.54 Å². The maximum Gasteiger partial charge on any atom is 0.226 e. The van der Waals surface area contributed by atoms with Crippen molar-refractivity contribution in [2.24, 2.45) is 0 Å². The van der Waals surface area contributed by atoms with Gasteiger partial charge in [-0.15, -0.1) is 0 Å². The van der Waals surface area contributed by atoms with Crippen LogP contribution in [0.15, 0.2) is 35.0 Å². The van der Waals surface area contributed by atoms with E-state index in [1.165, 1.54) is 12.1 Å². The lowest BCUT2D eigenvalue weighted by molar-refractivity contribution is 0.371. The van der Waals surface area contributed by atoms with Crippen LogP contribution >= 0.6 is 0 Å². The zero-order valence-electron chi connectivity index (χ0n) is 10.6. The van der Waals surface area contributed by atoms with E-state index in [0.29, 0.717) is 18.3 Å². The second-order valence-electron chi connectivity index (χ2n) is 4.50. The molecule has 3 aromatic rings. The zero-order chi connectivity index (χ0) is 13.2. The largest absolute Gasteiger partial charge is 0.340 e. The maximum atomic E-state index is 13.1. The summed E-state index contributed by atoms with van der Waals surface area (Å²) < 4.78 is 20.2. The Labute approximate surface area is 109 Å². The molecule has 0 aliphatic carbocycles. The van der Waals surface area contributed by atoms with E-state index < -0.39 is 0 Å². The molecule has 0 aliphatic heterocycles. The lowest BCUT2D eigenvalue weighted by Crippen LogP contribution is -2.00. The first kappa shape index (κ1) is 11.9. The van der Waals surface area contributed by atoms with Crippen LogP contribution in [0.3, 0.4) is 0 Å². The van der Waals surface area contributed by atoms with E-state index in [4.69, 9.17) is 4.52 Å². The molecule has 0 radical (unpaired) electrons. The number of aromatic nitrogens is 3. The molecule has 0 saturated carbocycles. The molecule has 4 nitrogen and oxygen atoms in total. The van der Waals surface area contributed by atoms with Gasteiger partial charge in [-0.3, -0.25) is 0 Å². The topological polar surface area (TPSA) is 43.9 Å². The van der Waals surface area contributed by atoms with Crippen LogP contribution in [0.4, 0.5) is 4.39 Å². The monoisotopic (exact) mass is 259 g/mol. The highest BCUT2D eigenvalue weighted by atomic mass is 19.1. The van der Waals surface area contributed by atoms with Crippen molar-refractivity contribution in [2.45, 2.75) is 26.3 Å². The van der Waals surface area contributed by atoms with Gasteiger partial charge >= 0.3 is 0 Å². The molecular weight excluding hydrogens is 245 g/mol. The van der Waals surface area contributed by atoms with Crippen molar-refractivity contribution in [3.63, 3.8) is 0 Å². The average molecular weight is 259 g/mol. The van der Waals surface area contributed by atoms with Crippen molar-refractivity contribution in [2.75, 3.05) is 0 Å². The fourth-order valence-corrected chi connectivity index (χ4v) is 2.13. The summed E-state index contributed by atoms with van der Waals surface area (Å²) in [4.78, 5) is 4.33. The Morgan fingerprint density at radius 2 is 2.21 bits per heavy atom. The Kier molecular flexibility index (Phi) is 3.03. The van der Waals surface area contributed by atoms with Gasteiger partial charge in [0.15, 0.2) is 5.82 Å². The minimum absolute atomic E-state index is 0.227. The summed E-state index contributed by atoms with van der Waals surface area (Å²) in [6.45, 7) is 2.60. The molecule has 5 heteroatoms. The maximum absolute atomic E-state index is 13.1. The molecule has 0 unspecified atom stereocenters. The van der Waals surface area contributed by atoms with Crippen molar-refractivity contribution in [1.29, 1.82) is 0 Å². The van der Waals surface area contributed by atoms with Crippen molar-refractivity contribution < 1.29 is 8.91 Å². The summed E-state index contributed by atoms with van der Waals surface area (Å²) in [5, 5.41) is 4.83. The van der Waals surface area contributed by atoms with E-state index in [2.05, 4.69) is 17.1 Å². The van der Waals surface area contributed by atoms with Crippen LogP contribution in [0.25, 0.3) is 10.9 Å². The van der Waals surface area contributed by atoms with E-state index in [0.717, 1.165) is 23.7 Å². The molecule has 0 bridgehead atoms. The van der Waals surface area contributed by atoms with Crippen LogP contribution in [-0.2, 0) is 13.0 Å². The number of nitrogens with zero attached hydrogens (tertiary/aromatic N) is 3. The second-order valence-corrected chi connectivity index (χ2v) is 4.50. The predicted octanol–water partition coefficient (Wildman–Crippen LogP) is 3.16. The summed E-state index contributed by atoms with van der Waals surface area (Å²) in [5.74, 6) is 1.08. The summed E-state index contributed by atoms with van der Waals surface area (Å²) in [6, 6.07) is 6.62. The number of halogens is 1. The highest BCUT2D eigenvalue weighted by Gasteiger charge is 2.08. The quantitative estimate of drug-likeness (QED) is 0.722. The second kappa shape index (κ2) is 4.84. The van der Waals surface area contributed by atoms with Crippen LogP contribution in [0.2, 0.25) is 0 Å². The summed E-state index contributed by atoms with van der Waals surface area (Å²) >= 11 is 0. The molecule has 19 heavy (non-hydrogen) atoms. The molecule has 0 fully saturated rings. The van der Waals surface area contributed by atoms with E-state index >= 15 is 0 Å². The molecule has 0 aliphatic rings. The van der Waals surface area contributed by atoms with Gasteiger partial charge in [-0.05, 0) is 30.7 Å². The number of rotatable bonds is 4. The molecule has 0 spiro atoms. The van der Waals surface area contributed by atoms with E-state index in [1.54, 1.807) is 6.07 Å².